The van der Waals surface area contributed by atoms with Crippen molar-refractivity contribution in [3.63, 3.8) is 0 Å². The molecule has 1 N–H and O–H groups in total. The van der Waals surface area contributed by atoms with Crippen LogP contribution in [0.1, 0.15) is 111 Å². The van der Waals surface area contributed by atoms with E-state index in [0.717, 1.165) is 54.1 Å². The van der Waals surface area contributed by atoms with Gasteiger partial charge in [-0.25, -0.2) is 0 Å². The van der Waals surface area contributed by atoms with Gasteiger partial charge >= 0.3 is 0 Å². The van der Waals surface area contributed by atoms with E-state index in [1.807, 2.05) is 0 Å². The molecule has 0 saturated heterocycles. The molecule has 9 atom stereocenters. The number of rotatable bonds is 8. The molecule has 0 radical (unpaired) electrons. The van der Waals surface area contributed by atoms with Gasteiger partial charge in [0.05, 0.1) is 6.10 Å². The monoisotopic (exact) mass is 446 g/mol. The van der Waals surface area contributed by atoms with E-state index in [4.69, 9.17) is 0 Å². The lowest BCUT2D eigenvalue weighted by atomic mass is 9.47. The van der Waals surface area contributed by atoms with E-state index in [1.165, 1.54) is 70.6 Å². The summed E-state index contributed by atoms with van der Waals surface area (Å²) >= 11 is 4.38. The van der Waals surface area contributed by atoms with Gasteiger partial charge in [-0.15, -0.1) is 0 Å². The molecule has 3 saturated carbocycles. The Morgan fingerprint density at radius 3 is 2.55 bits per heavy atom. The van der Waals surface area contributed by atoms with Gasteiger partial charge in [0.15, 0.2) is 0 Å². The first kappa shape index (κ1) is 24.2. The normalized spacial score (nSPS) is 44.1. The van der Waals surface area contributed by atoms with E-state index in [2.05, 4.69) is 46.4 Å². The maximum absolute atomic E-state index is 10.2. The van der Waals surface area contributed by atoms with Crippen molar-refractivity contribution in [3.8, 4) is 0 Å². The van der Waals surface area contributed by atoms with Crippen molar-refractivity contribution in [2.24, 2.45) is 46.3 Å². The van der Waals surface area contributed by atoms with Crippen molar-refractivity contribution in [2.45, 2.75) is 117 Å². The van der Waals surface area contributed by atoms with Gasteiger partial charge < -0.3 is 5.11 Å². The predicted molar refractivity (Wildman–Crippen MR) is 136 cm³/mol. The average molecular weight is 447 g/mol. The van der Waals surface area contributed by atoms with Gasteiger partial charge in [-0.05, 0) is 116 Å². The molecule has 0 aromatic heterocycles. The van der Waals surface area contributed by atoms with Crippen LogP contribution in [-0.2, 0) is 0 Å². The predicted octanol–water partition coefficient (Wildman–Crippen LogP) is 8.08. The fraction of sp³-hybridized carbons (Fsp3) is 0.931. The third-order valence-electron chi connectivity index (χ3n) is 11.0. The second-order valence-corrected chi connectivity index (χ2v) is 13.2. The number of thiol groups is 1. The highest BCUT2D eigenvalue weighted by Crippen LogP contribution is 2.67. The van der Waals surface area contributed by atoms with Crippen LogP contribution < -0.4 is 0 Å². The zero-order valence-electron chi connectivity index (χ0n) is 20.9. The van der Waals surface area contributed by atoms with Crippen LogP contribution in [0.3, 0.4) is 0 Å². The number of hydrogen-bond donors (Lipinski definition) is 2. The molecule has 1 nitrogen and oxygen atoms in total. The topological polar surface area (TPSA) is 20.2 Å². The fourth-order valence-electron chi connectivity index (χ4n) is 9.19. The van der Waals surface area contributed by atoms with Crippen LogP contribution in [-0.4, -0.2) is 17.0 Å². The Balaban J connectivity index is 1.39. The highest BCUT2D eigenvalue weighted by molar-refractivity contribution is 7.80. The van der Waals surface area contributed by atoms with Crippen molar-refractivity contribution in [1.82, 2.24) is 0 Å². The molecule has 0 aromatic rings. The molecular formula is C29H50OS. The Morgan fingerprint density at radius 2 is 1.77 bits per heavy atom. The Labute approximate surface area is 198 Å². The minimum absolute atomic E-state index is 0.0814. The van der Waals surface area contributed by atoms with Crippen LogP contribution in [0.15, 0.2) is 11.6 Å². The van der Waals surface area contributed by atoms with Crippen LogP contribution >= 0.6 is 12.6 Å². The Bertz CT molecular complexity index is 643. The molecule has 4 rings (SSSR count). The molecular weight excluding hydrogens is 396 g/mol. The first-order valence-corrected chi connectivity index (χ1v) is 14.4. The largest absolute Gasteiger partial charge is 0.393 e. The van der Waals surface area contributed by atoms with Gasteiger partial charge in [-0.1, -0.05) is 58.6 Å². The molecule has 0 aromatic carbocycles. The summed E-state index contributed by atoms with van der Waals surface area (Å²) in [5.41, 5.74) is 2.58. The fourth-order valence-corrected chi connectivity index (χ4v) is 9.37. The number of aliphatic hydroxyl groups is 1. The van der Waals surface area contributed by atoms with E-state index in [9.17, 15) is 5.11 Å². The van der Waals surface area contributed by atoms with Gasteiger partial charge in [-0.3, -0.25) is 0 Å². The minimum atomic E-state index is -0.0814. The van der Waals surface area contributed by atoms with Crippen LogP contribution in [0.2, 0.25) is 0 Å². The van der Waals surface area contributed by atoms with Crippen molar-refractivity contribution in [3.05, 3.63) is 11.6 Å². The average Bonchev–Trinajstić information content (AvgIpc) is 3.10. The lowest BCUT2D eigenvalue weighted by Crippen LogP contribution is -2.50. The molecule has 1 unspecified atom stereocenters. The van der Waals surface area contributed by atoms with Gasteiger partial charge in [0.1, 0.15) is 0 Å². The molecule has 4 aliphatic carbocycles. The summed E-state index contributed by atoms with van der Waals surface area (Å²) < 4.78 is 0. The van der Waals surface area contributed by atoms with Crippen molar-refractivity contribution >= 4 is 12.6 Å². The number of allylic oxidation sites excluding steroid dienone is 1. The summed E-state index contributed by atoms with van der Waals surface area (Å²) in [5.74, 6) is 6.47. The molecule has 31 heavy (non-hydrogen) atoms. The molecule has 0 aliphatic heterocycles. The summed E-state index contributed by atoms with van der Waals surface area (Å²) in [7, 11) is 0. The van der Waals surface area contributed by atoms with Gasteiger partial charge in [0.2, 0.25) is 0 Å². The van der Waals surface area contributed by atoms with E-state index < -0.39 is 0 Å². The van der Waals surface area contributed by atoms with E-state index in [-0.39, 0.29) is 6.10 Å². The van der Waals surface area contributed by atoms with E-state index in [1.54, 1.807) is 5.57 Å². The molecule has 178 valence electrons. The molecule has 0 heterocycles. The molecule has 0 bridgehead atoms. The molecule has 2 heteroatoms. The molecule has 0 amide bonds. The minimum Gasteiger partial charge on any atom is -0.393 e. The third kappa shape index (κ3) is 4.55. The lowest BCUT2D eigenvalue weighted by molar-refractivity contribution is -0.0573. The number of hydrogen-bond acceptors (Lipinski definition) is 2. The Kier molecular flexibility index (Phi) is 7.59. The van der Waals surface area contributed by atoms with Crippen LogP contribution in [0.25, 0.3) is 0 Å². The molecule has 0 spiro atoms. The zero-order valence-corrected chi connectivity index (χ0v) is 21.8. The number of aliphatic hydroxyl groups excluding tert-OH is 1. The Morgan fingerprint density at radius 1 is 1.00 bits per heavy atom. The summed E-state index contributed by atoms with van der Waals surface area (Å²) in [4.78, 5) is 0. The van der Waals surface area contributed by atoms with E-state index >= 15 is 0 Å². The lowest BCUT2D eigenvalue weighted by Gasteiger charge is -2.58. The summed E-state index contributed by atoms with van der Waals surface area (Å²) in [6, 6.07) is 0. The van der Waals surface area contributed by atoms with Crippen LogP contribution in [0, 0.1) is 46.3 Å². The molecule has 3 fully saturated rings. The zero-order chi connectivity index (χ0) is 22.2. The van der Waals surface area contributed by atoms with Gasteiger partial charge in [-0.2, -0.15) is 12.6 Å². The maximum Gasteiger partial charge on any atom is 0.0577 e. The summed E-state index contributed by atoms with van der Waals surface area (Å²) in [5, 5.41) is 10.2. The first-order valence-electron chi connectivity index (χ1n) is 13.8. The summed E-state index contributed by atoms with van der Waals surface area (Å²) in [6.45, 7) is 10.3. The van der Waals surface area contributed by atoms with Gasteiger partial charge in [0.25, 0.3) is 0 Å². The number of fused-ring (bicyclic) bond motifs is 5. The standard InChI is InChI=1S/C29H50OS/c1-20(8-6-18-31)7-5-9-21(2)25-12-13-26-24-11-10-22-19-23(30)14-16-28(22,3)27(24)15-17-29(25,26)4/h10,20-21,23-27,30-31H,5-9,11-19H2,1-4H3/t20?,21-,23+,24+,25-,26+,27+,28+,29-/m1/s1. The van der Waals surface area contributed by atoms with E-state index in [0.29, 0.717) is 10.8 Å². The SMILES string of the molecule is CC(CCCS)CCC[C@@H](C)[C@H]1CC[C@H]2[C@@H]3CC=C4C[C@@H](O)CC[C@]4(C)[C@H]3CC[C@]12C. The second kappa shape index (κ2) is 9.73. The highest BCUT2D eigenvalue weighted by Gasteiger charge is 2.59. The Hall–Kier alpha value is 0.0500. The first-order chi connectivity index (χ1) is 14.8. The smallest absolute Gasteiger partial charge is 0.0577 e. The van der Waals surface area contributed by atoms with Crippen molar-refractivity contribution < 1.29 is 5.11 Å². The van der Waals surface area contributed by atoms with Crippen LogP contribution in [0.5, 0.6) is 0 Å². The van der Waals surface area contributed by atoms with Crippen LogP contribution in [0.4, 0.5) is 0 Å². The van der Waals surface area contributed by atoms with Gasteiger partial charge in [0, 0.05) is 0 Å². The third-order valence-corrected chi connectivity index (χ3v) is 11.4. The quantitative estimate of drug-likeness (QED) is 0.285. The van der Waals surface area contributed by atoms with Crippen molar-refractivity contribution in [1.29, 1.82) is 0 Å². The molecule has 4 aliphatic rings. The van der Waals surface area contributed by atoms with Crippen molar-refractivity contribution in [2.75, 3.05) is 5.75 Å². The second-order valence-electron chi connectivity index (χ2n) is 12.8. The maximum atomic E-state index is 10.2. The summed E-state index contributed by atoms with van der Waals surface area (Å²) in [6.07, 6.45) is 19.8. The highest BCUT2D eigenvalue weighted by atomic mass is 32.1.